The zero-order valence-electron chi connectivity index (χ0n) is 25.2. The van der Waals surface area contributed by atoms with E-state index in [1.807, 2.05) is 0 Å². The van der Waals surface area contributed by atoms with Crippen molar-refractivity contribution in [2.45, 2.75) is 82.2 Å². The van der Waals surface area contributed by atoms with Crippen LogP contribution in [0.25, 0.3) is 11.1 Å². The molecule has 0 fully saturated rings. The maximum atomic E-state index is 13.8. The standard InChI is InChI=1S/C32H37F3N4O4S/c1-30(2,3)38-44(42,43)27-9-7-6-8-24(27)21-12-10-20(11-13-21)19-39-26-17-15-23(32(33,34)35)18-22(26)14-16-25(28(39)40)37-29(41)31(4,5)36/h6-13,15,17-18,25,38H,14,16,19,36H2,1-5H3,(H,37,41)/t25-/m1/s1. The molecule has 236 valence electrons. The summed E-state index contributed by atoms with van der Waals surface area (Å²) in [6.45, 7) is 8.25. The van der Waals surface area contributed by atoms with Gasteiger partial charge in [-0.3, -0.25) is 9.59 Å². The summed E-state index contributed by atoms with van der Waals surface area (Å²) in [5, 5.41) is 2.67. The van der Waals surface area contributed by atoms with Crippen molar-refractivity contribution in [1.82, 2.24) is 10.0 Å². The Kier molecular flexibility index (Phi) is 9.03. The number of fused-ring (bicyclic) bond motifs is 1. The van der Waals surface area contributed by atoms with Crippen molar-refractivity contribution in [2.75, 3.05) is 4.90 Å². The topological polar surface area (TPSA) is 122 Å². The zero-order chi connectivity index (χ0) is 32.7. The second-order valence-corrected chi connectivity index (χ2v) is 14.3. The van der Waals surface area contributed by atoms with Crippen molar-refractivity contribution in [3.05, 3.63) is 83.4 Å². The Hall–Kier alpha value is -3.74. The lowest BCUT2D eigenvalue weighted by atomic mass is 10.0. The molecule has 0 saturated carbocycles. The lowest BCUT2D eigenvalue weighted by Crippen LogP contribution is -2.56. The molecule has 4 rings (SSSR count). The molecule has 1 heterocycles. The molecular formula is C32H37F3N4O4S. The van der Waals surface area contributed by atoms with E-state index < -0.39 is 50.7 Å². The highest BCUT2D eigenvalue weighted by molar-refractivity contribution is 7.89. The minimum Gasteiger partial charge on any atom is -0.343 e. The van der Waals surface area contributed by atoms with Gasteiger partial charge in [0.15, 0.2) is 0 Å². The highest BCUT2D eigenvalue weighted by atomic mass is 32.2. The zero-order valence-corrected chi connectivity index (χ0v) is 26.1. The number of sulfonamides is 1. The fourth-order valence-corrected chi connectivity index (χ4v) is 6.62. The summed E-state index contributed by atoms with van der Waals surface area (Å²) in [7, 11) is -3.84. The van der Waals surface area contributed by atoms with Crippen molar-refractivity contribution in [3.8, 4) is 11.1 Å². The summed E-state index contributed by atoms with van der Waals surface area (Å²) in [6, 6.07) is 15.8. The number of alkyl halides is 3. The molecule has 8 nitrogen and oxygen atoms in total. The molecule has 12 heteroatoms. The van der Waals surface area contributed by atoms with Crippen LogP contribution in [0.15, 0.2) is 71.6 Å². The predicted octanol–water partition coefficient (Wildman–Crippen LogP) is 5.15. The molecule has 1 aliphatic heterocycles. The molecule has 1 aliphatic rings. The van der Waals surface area contributed by atoms with Gasteiger partial charge in [-0.1, -0.05) is 42.5 Å². The SMILES string of the molecule is CC(C)(C)NS(=O)(=O)c1ccccc1-c1ccc(CN2C(=O)[C@H](NC(=O)C(C)(C)N)CCc3cc(C(F)(F)F)ccc32)cc1. The van der Waals surface area contributed by atoms with Crippen molar-refractivity contribution in [3.63, 3.8) is 0 Å². The number of nitrogens with two attached hydrogens (primary N) is 1. The molecular weight excluding hydrogens is 593 g/mol. The van der Waals surface area contributed by atoms with E-state index in [9.17, 15) is 31.2 Å². The number of nitrogens with one attached hydrogen (secondary N) is 2. The van der Waals surface area contributed by atoms with Crippen molar-refractivity contribution >= 4 is 27.5 Å². The smallest absolute Gasteiger partial charge is 0.343 e. The van der Waals surface area contributed by atoms with Gasteiger partial charge >= 0.3 is 6.18 Å². The van der Waals surface area contributed by atoms with Crippen LogP contribution in [0.1, 0.15) is 57.7 Å². The third-order valence-corrected chi connectivity index (χ3v) is 8.89. The van der Waals surface area contributed by atoms with Crippen LogP contribution in [0.2, 0.25) is 0 Å². The molecule has 0 aromatic heterocycles. The number of hydrogen-bond donors (Lipinski definition) is 3. The Labute approximate surface area is 255 Å². The Bertz CT molecular complexity index is 1660. The van der Waals surface area contributed by atoms with Crippen LogP contribution >= 0.6 is 0 Å². The van der Waals surface area contributed by atoms with E-state index in [0.29, 0.717) is 27.9 Å². The number of carbonyl (C=O) groups excluding carboxylic acids is 2. The van der Waals surface area contributed by atoms with E-state index in [4.69, 9.17) is 5.73 Å². The van der Waals surface area contributed by atoms with E-state index in [2.05, 4.69) is 10.0 Å². The number of carbonyl (C=O) groups is 2. The van der Waals surface area contributed by atoms with Gasteiger partial charge in [0.05, 0.1) is 22.5 Å². The molecule has 0 spiro atoms. The Morgan fingerprint density at radius 3 is 2.20 bits per heavy atom. The van der Waals surface area contributed by atoms with Gasteiger partial charge in [0.25, 0.3) is 0 Å². The average molecular weight is 631 g/mol. The lowest BCUT2D eigenvalue weighted by molar-refractivity contribution is -0.137. The van der Waals surface area contributed by atoms with Crippen LogP contribution in [0.4, 0.5) is 18.9 Å². The van der Waals surface area contributed by atoms with Gasteiger partial charge in [0.2, 0.25) is 21.8 Å². The van der Waals surface area contributed by atoms with Crippen LogP contribution in [0.5, 0.6) is 0 Å². The quantitative estimate of drug-likeness (QED) is 0.334. The first-order chi connectivity index (χ1) is 20.3. The summed E-state index contributed by atoms with van der Waals surface area (Å²) in [5.74, 6) is -1.04. The number of amides is 2. The number of anilines is 1. The van der Waals surface area contributed by atoms with Gasteiger partial charge in [-0.05, 0) is 88.4 Å². The number of halogens is 3. The molecule has 3 aromatic carbocycles. The molecule has 4 N–H and O–H groups in total. The second kappa shape index (κ2) is 12.0. The van der Waals surface area contributed by atoms with Crippen LogP contribution in [0.3, 0.4) is 0 Å². The van der Waals surface area contributed by atoms with Gasteiger partial charge in [0.1, 0.15) is 6.04 Å². The monoisotopic (exact) mass is 630 g/mol. The molecule has 0 saturated heterocycles. The fourth-order valence-electron chi connectivity index (χ4n) is 4.97. The first-order valence-corrected chi connectivity index (χ1v) is 15.6. The Morgan fingerprint density at radius 1 is 0.977 bits per heavy atom. The minimum atomic E-state index is -4.56. The fraction of sp³-hybridized carbons (Fsp3) is 0.375. The van der Waals surface area contributed by atoms with E-state index in [1.165, 1.54) is 30.9 Å². The predicted molar refractivity (Wildman–Crippen MR) is 163 cm³/mol. The molecule has 0 radical (unpaired) electrons. The van der Waals surface area contributed by atoms with Gasteiger partial charge in [-0.2, -0.15) is 13.2 Å². The van der Waals surface area contributed by atoms with E-state index in [0.717, 1.165) is 12.1 Å². The van der Waals surface area contributed by atoms with Crippen LogP contribution in [-0.2, 0) is 38.8 Å². The van der Waals surface area contributed by atoms with Crippen molar-refractivity contribution in [1.29, 1.82) is 0 Å². The Balaban J connectivity index is 1.69. The van der Waals surface area contributed by atoms with Gasteiger partial charge in [0, 0.05) is 16.8 Å². The van der Waals surface area contributed by atoms with Gasteiger partial charge in [-0.15, -0.1) is 0 Å². The van der Waals surface area contributed by atoms with Crippen molar-refractivity contribution in [2.24, 2.45) is 5.73 Å². The number of benzene rings is 3. The molecule has 0 bridgehead atoms. The molecule has 0 aliphatic carbocycles. The lowest BCUT2D eigenvalue weighted by Gasteiger charge is -2.28. The van der Waals surface area contributed by atoms with Crippen LogP contribution < -0.4 is 20.7 Å². The molecule has 2 amide bonds. The third kappa shape index (κ3) is 7.66. The summed E-state index contributed by atoms with van der Waals surface area (Å²) in [5.41, 5.74) is 5.54. The number of hydrogen-bond acceptors (Lipinski definition) is 5. The maximum absolute atomic E-state index is 13.8. The summed E-state index contributed by atoms with van der Waals surface area (Å²) >= 11 is 0. The van der Waals surface area contributed by atoms with Gasteiger partial charge < -0.3 is 16.0 Å². The first kappa shape index (κ1) is 33.2. The second-order valence-electron chi connectivity index (χ2n) is 12.6. The number of nitrogens with zero attached hydrogens (tertiary/aromatic N) is 1. The minimum absolute atomic E-state index is 0.00138. The van der Waals surface area contributed by atoms with Crippen molar-refractivity contribution < 1.29 is 31.2 Å². The summed E-state index contributed by atoms with van der Waals surface area (Å²) in [4.78, 5) is 27.9. The molecule has 0 unspecified atom stereocenters. The first-order valence-electron chi connectivity index (χ1n) is 14.1. The van der Waals surface area contributed by atoms with Crippen LogP contribution in [0, 0.1) is 0 Å². The maximum Gasteiger partial charge on any atom is 0.416 e. The van der Waals surface area contributed by atoms with Crippen LogP contribution in [-0.4, -0.2) is 37.4 Å². The third-order valence-electron chi connectivity index (χ3n) is 7.08. The normalized spacial score (nSPS) is 16.3. The van der Waals surface area contributed by atoms with E-state index in [-0.39, 0.29) is 24.3 Å². The molecule has 3 aromatic rings. The molecule has 1 atom stereocenters. The average Bonchev–Trinajstić information content (AvgIpc) is 3.03. The number of aryl methyl sites for hydroxylation is 1. The van der Waals surface area contributed by atoms with E-state index >= 15 is 0 Å². The Morgan fingerprint density at radius 2 is 1.61 bits per heavy atom. The van der Waals surface area contributed by atoms with Gasteiger partial charge in [-0.25, -0.2) is 13.1 Å². The number of rotatable bonds is 7. The molecule has 44 heavy (non-hydrogen) atoms. The van der Waals surface area contributed by atoms with E-state index in [1.54, 1.807) is 63.2 Å². The highest BCUT2D eigenvalue weighted by Crippen LogP contribution is 2.36. The highest BCUT2D eigenvalue weighted by Gasteiger charge is 2.36. The largest absolute Gasteiger partial charge is 0.416 e. The summed E-state index contributed by atoms with van der Waals surface area (Å²) < 4.78 is 69.5. The summed E-state index contributed by atoms with van der Waals surface area (Å²) in [6.07, 6.45) is -4.34.